The molecule has 0 bridgehead atoms. The number of benzene rings is 1. The molecule has 0 saturated carbocycles. The van der Waals surface area contributed by atoms with Crippen molar-refractivity contribution >= 4 is 17.0 Å². The van der Waals surface area contributed by atoms with E-state index in [1.165, 1.54) is 0 Å². The summed E-state index contributed by atoms with van der Waals surface area (Å²) >= 11 is 0. The molecule has 3 aromatic rings. The summed E-state index contributed by atoms with van der Waals surface area (Å²) in [4.78, 5) is 8.89. The molecule has 2 heterocycles. The van der Waals surface area contributed by atoms with Gasteiger partial charge in [-0.25, -0.2) is 4.98 Å². The first kappa shape index (κ1) is 12.4. The molecular weight excluding hydrogens is 254 g/mol. The van der Waals surface area contributed by atoms with E-state index in [1.807, 2.05) is 25.1 Å². The maximum absolute atomic E-state index is 5.24. The number of hydrogen-bond donors (Lipinski definition) is 2. The van der Waals surface area contributed by atoms with Crippen LogP contribution in [0.4, 0.5) is 5.95 Å². The Hall–Kier alpha value is -2.63. The van der Waals surface area contributed by atoms with Gasteiger partial charge in [0.15, 0.2) is 5.65 Å². The Balaban J connectivity index is 2.25. The molecule has 20 heavy (non-hydrogen) atoms. The van der Waals surface area contributed by atoms with Crippen molar-refractivity contribution in [1.29, 1.82) is 0 Å². The Bertz CT molecular complexity index is 765. The number of anilines is 1. The van der Waals surface area contributed by atoms with Crippen LogP contribution in [0.3, 0.4) is 0 Å². The van der Waals surface area contributed by atoms with E-state index in [4.69, 9.17) is 4.74 Å². The van der Waals surface area contributed by atoms with Crippen molar-refractivity contribution in [3.63, 3.8) is 0 Å². The van der Waals surface area contributed by atoms with Crippen LogP contribution >= 0.6 is 0 Å². The van der Waals surface area contributed by atoms with Gasteiger partial charge in [0.05, 0.1) is 24.4 Å². The molecule has 3 rings (SSSR count). The summed E-state index contributed by atoms with van der Waals surface area (Å²) < 4.78 is 5.24. The highest BCUT2D eigenvalue weighted by atomic mass is 16.5. The Morgan fingerprint density at radius 1 is 1.25 bits per heavy atom. The predicted octanol–water partition coefficient (Wildman–Crippen LogP) is 2.38. The van der Waals surface area contributed by atoms with Crippen molar-refractivity contribution < 1.29 is 4.74 Å². The summed E-state index contributed by atoms with van der Waals surface area (Å²) in [5, 5.41) is 10.8. The van der Waals surface area contributed by atoms with Crippen molar-refractivity contribution in [3.8, 4) is 17.0 Å². The Morgan fingerprint density at radius 3 is 2.80 bits per heavy atom. The van der Waals surface area contributed by atoms with Gasteiger partial charge < -0.3 is 10.1 Å². The minimum absolute atomic E-state index is 0.562. The molecule has 0 spiro atoms. The van der Waals surface area contributed by atoms with Crippen LogP contribution in [-0.2, 0) is 0 Å². The zero-order chi connectivity index (χ0) is 14.1. The SMILES string of the molecule is CNc1nc(-c2ccc(OC)cc2C)c2cn[nH]c2n1. The third-order valence-electron chi connectivity index (χ3n) is 3.22. The molecule has 1 aromatic carbocycles. The minimum Gasteiger partial charge on any atom is -0.497 e. The summed E-state index contributed by atoms with van der Waals surface area (Å²) in [6.07, 6.45) is 1.74. The van der Waals surface area contributed by atoms with E-state index >= 15 is 0 Å². The lowest BCUT2D eigenvalue weighted by Crippen LogP contribution is -1.99. The lowest BCUT2D eigenvalue weighted by molar-refractivity contribution is 0.414. The van der Waals surface area contributed by atoms with Gasteiger partial charge in [0, 0.05) is 12.6 Å². The molecule has 6 nitrogen and oxygen atoms in total. The van der Waals surface area contributed by atoms with Crippen LogP contribution in [0, 0.1) is 6.92 Å². The molecule has 0 amide bonds. The fourth-order valence-corrected chi connectivity index (χ4v) is 2.18. The summed E-state index contributed by atoms with van der Waals surface area (Å²) in [6, 6.07) is 5.92. The standard InChI is InChI=1S/C14H15N5O/c1-8-6-9(20-3)4-5-10(8)12-11-7-16-19-13(11)18-14(15-2)17-12/h4-7H,1-3H3,(H2,15,16,17,18,19). The number of hydrogen-bond acceptors (Lipinski definition) is 5. The van der Waals surface area contributed by atoms with E-state index in [1.54, 1.807) is 20.4 Å². The molecule has 0 fully saturated rings. The highest BCUT2D eigenvalue weighted by Gasteiger charge is 2.13. The molecule has 102 valence electrons. The van der Waals surface area contributed by atoms with Gasteiger partial charge in [-0.15, -0.1) is 0 Å². The van der Waals surface area contributed by atoms with Crippen molar-refractivity contribution in [2.75, 3.05) is 19.5 Å². The van der Waals surface area contributed by atoms with Crippen LogP contribution in [-0.4, -0.2) is 34.3 Å². The Morgan fingerprint density at radius 2 is 2.10 bits per heavy atom. The molecule has 2 N–H and O–H groups in total. The smallest absolute Gasteiger partial charge is 0.225 e. The van der Waals surface area contributed by atoms with Gasteiger partial charge in [-0.2, -0.15) is 10.1 Å². The summed E-state index contributed by atoms with van der Waals surface area (Å²) in [5.41, 5.74) is 3.70. The quantitative estimate of drug-likeness (QED) is 0.763. The molecule has 0 saturated heterocycles. The number of fused-ring (bicyclic) bond motifs is 1. The summed E-state index contributed by atoms with van der Waals surface area (Å²) in [6.45, 7) is 2.03. The van der Waals surface area contributed by atoms with Crippen LogP contribution in [0.5, 0.6) is 5.75 Å². The number of nitrogens with zero attached hydrogens (tertiary/aromatic N) is 3. The van der Waals surface area contributed by atoms with E-state index in [0.717, 1.165) is 33.6 Å². The van der Waals surface area contributed by atoms with E-state index in [0.29, 0.717) is 5.95 Å². The zero-order valence-electron chi connectivity index (χ0n) is 11.6. The molecule has 2 aromatic heterocycles. The van der Waals surface area contributed by atoms with Crippen LogP contribution in [0.25, 0.3) is 22.3 Å². The molecule has 0 radical (unpaired) electrons. The Kier molecular flexibility index (Phi) is 2.98. The molecule has 0 aliphatic carbocycles. The monoisotopic (exact) mass is 269 g/mol. The normalized spacial score (nSPS) is 10.8. The minimum atomic E-state index is 0.562. The Labute approximate surface area is 116 Å². The predicted molar refractivity (Wildman–Crippen MR) is 78.0 cm³/mol. The maximum Gasteiger partial charge on any atom is 0.225 e. The second kappa shape index (κ2) is 4.80. The average Bonchev–Trinajstić information content (AvgIpc) is 2.94. The average molecular weight is 269 g/mol. The second-order valence-corrected chi connectivity index (χ2v) is 4.46. The first-order valence-corrected chi connectivity index (χ1v) is 6.27. The number of aromatic nitrogens is 4. The van der Waals surface area contributed by atoms with Gasteiger partial charge in [-0.05, 0) is 30.7 Å². The number of methoxy groups -OCH3 is 1. The van der Waals surface area contributed by atoms with Crippen LogP contribution in [0.2, 0.25) is 0 Å². The highest BCUT2D eigenvalue weighted by Crippen LogP contribution is 2.30. The fraction of sp³-hybridized carbons (Fsp3) is 0.214. The van der Waals surface area contributed by atoms with Crippen molar-refractivity contribution in [3.05, 3.63) is 30.0 Å². The largest absolute Gasteiger partial charge is 0.497 e. The molecule has 6 heteroatoms. The van der Waals surface area contributed by atoms with E-state index < -0.39 is 0 Å². The molecule has 0 unspecified atom stereocenters. The number of rotatable bonds is 3. The van der Waals surface area contributed by atoms with Gasteiger partial charge in [-0.1, -0.05) is 0 Å². The number of aromatic amines is 1. The third kappa shape index (κ3) is 1.95. The van der Waals surface area contributed by atoms with E-state index in [9.17, 15) is 0 Å². The molecule has 0 atom stereocenters. The van der Waals surface area contributed by atoms with E-state index in [2.05, 4.69) is 25.5 Å². The number of aryl methyl sites for hydroxylation is 1. The summed E-state index contributed by atoms with van der Waals surface area (Å²) in [7, 11) is 3.45. The first-order valence-electron chi connectivity index (χ1n) is 6.27. The van der Waals surface area contributed by atoms with Gasteiger partial charge in [-0.3, -0.25) is 5.10 Å². The van der Waals surface area contributed by atoms with Crippen LogP contribution in [0.1, 0.15) is 5.56 Å². The fourth-order valence-electron chi connectivity index (χ4n) is 2.18. The van der Waals surface area contributed by atoms with Crippen LogP contribution in [0.15, 0.2) is 24.4 Å². The summed E-state index contributed by atoms with van der Waals surface area (Å²) in [5.74, 6) is 1.39. The second-order valence-electron chi connectivity index (χ2n) is 4.46. The number of H-pyrrole nitrogens is 1. The lowest BCUT2D eigenvalue weighted by atomic mass is 10.0. The van der Waals surface area contributed by atoms with Gasteiger partial charge in [0.2, 0.25) is 5.95 Å². The van der Waals surface area contributed by atoms with E-state index in [-0.39, 0.29) is 0 Å². The van der Waals surface area contributed by atoms with Crippen LogP contribution < -0.4 is 10.1 Å². The topological polar surface area (TPSA) is 75.7 Å². The molecule has 0 aliphatic heterocycles. The van der Waals surface area contributed by atoms with Gasteiger partial charge in [0.25, 0.3) is 0 Å². The van der Waals surface area contributed by atoms with Gasteiger partial charge >= 0.3 is 0 Å². The highest BCUT2D eigenvalue weighted by molar-refractivity contribution is 5.91. The molecule has 0 aliphatic rings. The van der Waals surface area contributed by atoms with Gasteiger partial charge in [0.1, 0.15) is 5.75 Å². The number of nitrogens with one attached hydrogen (secondary N) is 2. The van der Waals surface area contributed by atoms with Crippen molar-refractivity contribution in [2.45, 2.75) is 6.92 Å². The first-order chi connectivity index (χ1) is 9.72. The number of ether oxygens (including phenoxy) is 1. The van der Waals surface area contributed by atoms with Crippen molar-refractivity contribution in [2.24, 2.45) is 0 Å². The zero-order valence-corrected chi connectivity index (χ0v) is 11.6. The maximum atomic E-state index is 5.24. The van der Waals surface area contributed by atoms with Crippen molar-refractivity contribution in [1.82, 2.24) is 20.2 Å². The lowest BCUT2D eigenvalue weighted by Gasteiger charge is -2.09. The third-order valence-corrected chi connectivity index (χ3v) is 3.22. The molecular formula is C14H15N5O.